The zero-order valence-corrected chi connectivity index (χ0v) is 19.8. The van der Waals surface area contributed by atoms with Gasteiger partial charge in [0.05, 0.1) is 6.54 Å². The first kappa shape index (κ1) is 23.1. The highest BCUT2D eigenvalue weighted by atomic mass is 16.2. The summed E-state index contributed by atoms with van der Waals surface area (Å²) in [5.74, 6) is -0.526. The van der Waals surface area contributed by atoms with Crippen molar-refractivity contribution in [1.82, 2.24) is 15.6 Å². The second-order valence-corrected chi connectivity index (χ2v) is 8.68. The number of amides is 2. The molecule has 6 nitrogen and oxygen atoms in total. The molecule has 0 fully saturated rings. The summed E-state index contributed by atoms with van der Waals surface area (Å²) in [6, 6.07) is 23.8. The summed E-state index contributed by atoms with van der Waals surface area (Å²) in [5.41, 5.74) is 6.03. The van der Waals surface area contributed by atoms with Crippen molar-refractivity contribution in [2.24, 2.45) is 0 Å². The second-order valence-electron chi connectivity index (χ2n) is 8.68. The van der Waals surface area contributed by atoms with Crippen LogP contribution in [0.25, 0.3) is 10.9 Å². The molecule has 174 valence electrons. The van der Waals surface area contributed by atoms with Gasteiger partial charge in [-0.15, -0.1) is 0 Å². The van der Waals surface area contributed by atoms with E-state index in [2.05, 4.69) is 50.8 Å². The fourth-order valence-electron chi connectivity index (χ4n) is 4.04. The summed E-state index contributed by atoms with van der Waals surface area (Å²) in [7, 11) is 4.02. The molecule has 0 radical (unpaired) electrons. The maximum Gasteiger partial charge on any atom is 0.251 e. The Morgan fingerprint density at radius 1 is 0.912 bits per heavy atom. The van der Waals surface area contributed by atoms with Gasteiger partial charge in [0.15, 0.2) is 0 Å². The zero-order valence-electron chi connectivity index (χ0n) is 19.8. The van der Waals surface area contributed by atoms with Crippen LogP contribution in [0.1, 0.15) is 33.0 Å². The summed E-state index contributed by atoms with van der Waals surface area (Å²) in [5, 5.41) is 6.84. The van der Waals surface area contributed by atoms with E-state index in [9.17, 15) is 9.59 Å². The van der Waals surface area contributed by atoms with Crippen molar-refractivity contribution in [2.75, 3.05) is 32.1 Å². The highest BCUT2D eigenvalue weighted by Gasteiger charge is 2.19. The maximum atomic E-state index is 12.6. The molecule has 0 saturated carbocycles. The number of rotatable bonds is 8. The lowest BCUT2D eigenvalue weighted by Gasteiger charge is -2.20. The Balaban J connectivity index is 1.47. The lowest BCUT2D eigenvalue weighted by atomic mass is 9.90. The molecule has 0 saturated heterocycles. The molecule has 4 aromatic rings. The van der Waals surface area contributed by atoms with E-state index in [-0.39, 0.29) is 24.3 Å². The third-order valence-electron chi connectivity index (χ3n) is 6.04. The van der Waals surface area contributed by atoms with Crippen molar-refractivity contribution in [2.45, 2.75) is 12.8 Å². The minimum absolute atomic E-state index is 0.0379. The Morgan fingerprint density at radius 3 is 2.32 bits per heavy atom. The molecule has 0 spiro atoms. The number of hydrogen-bond donors (Lipinski definition) is 3. The predicted octanol–water partition coefficient (Wildman–Crippen LogP) is 4.22. The molecule has 3 aromatic carbocycles. The molecule has 4 rings (SSSR count). The monoisotopic (exact) mass is 454 g/mol. The Morgan fingerprint density at radius 2 is 1.62 bits per heavy atom. The van der Waals surface area contributed by atoms with E-state index < -0.39 is 0 Å². The molecule has 0 aliphatic rings. The third kappa shape index (κ3) is 5.29. The van der Waals surface area contributed by atoms with Crippen LogP contribution >= 0.6 is 0 Å². The fourth-order valence-corrected chi connectivity index (χ4v) is 4.04. The molecular weight excluding hydrogens is 424 g/mol. The molecular formula is C28H30N4O2. The van der Waals surface area contributed by atoms with E-state index in [0.29, 0.717) is 12.1 Å². The predicted molar refractivity (Wildman–Crippen MR) is 137 cm³/mol. The maximum absolute atomic E-state index is 12.6. The molecule has 0 aliphatic heterocycles. The molecule has 0 aliphatic carbocycles. The number of benzene rings is 3. The number of H-pyrrole nitrogens is 1. The number of nitrogens with zero attached hydrogens (tertiary/aromatic N) is 1. The summed E-state index contributed by atoms with van der Waals surface area (Å²) in [4.78, 5) is 30.3. The number of nitrogens with one attached hydrogen (secondary N) is 3. The molecule has 34 heavy (non-hydrogen) atoms. The normalized spacial score (nSPS) is 11.7. The molecule has 1 aromatic heterocycles. The van der Waals surface area contributed by atoms with Crippen LogP contribution in [0.3, 0.4) is 0 Å². The topological polar surface area (TPSA) is 77.2 Å². The van der Waals surface area contributed by atoms with Crippen LogP contribution in [0.15, 0.2) is 79.0 Å². The van der Waals surface area contributed by atoms with Crippen LogP contribution in [0.4, 0.5) is 5.69 Å². The highest BCUT2D eigenvalue weighted by Crippen LogP contribution is 2.31. The Labute approximate surface area is 200 Å². The van der Waals surface area contributed by atoms with Crippen LogP contribution in [0, 0.1) is 6.92 Å². The smallest absolute Gasteiger partial charge is 0.251 e. The van der Waals surface area contributed by atoms with E-state index in [1.807, 2.05) is 57.5 Å². The van der Waals surface area contributed by atoms with E-state index in [0.717, 1.165) is 33.3 Å². The number of carbonyl (C=O) groups is 2. The Bertz CT molecular complexity index is 1270. The average Bonchev–Trinajstić information content (AvgIpc) is 3.27. The van der Waals surface area contributed by atoms with Crippen molar-refractivity contribution in [1.29, 1.82) is 0 Å². The van der Waals surface area contributed by atoms with Crippen LogP contribution in [-0.2, 0) is 4.79 Å². The molecule has 1 heterocycles. The summed E-state index contributed by atoms with van der Waals surface area (Å²) in [6.45, 7) is 2.31. The van der Waals surface area contributed by atoms with Gasteiger partial charge in [0, 0.05) is 54.9 Å². The van der Waals surface area contributed by atoms with Gasteiger partial charge in [0.25, 0.3) is 5.91 Å². The van der Waals surface area contributed by atoms with Crippen molar-refractivity contribution >= 4 is 28.4 Å². The number of aromatic amines is 1. The number of aromatic nitrogens is 1. The van der Waals surface area contributed by atoms with Crippen LogP contribution in [0.2, 0.25) is 0 Å². The number of fused-ring (bicyclic) bond motifs is 1. The van der Waals surface area contributed by atoms with Gasteiger partial charge in [-0.2, -0.15) is 0 Å². The van der Waals surface area contributed by atoms with Gasteiger partial charge in [-0.3, -0.25) is 9.59 Å². The molecule has 1 atom stereocenters. The Kier molecular flexibility index (Phi) is 6.97. The molecule has 2 amide bonds. The first-order valence-electron chi connectivity index (χ1n) is 11.4. The minimum Gasteiger partial charge on any atom is -0.378 e. The van der Waals surface area contributed by atoms with E-state index in [1.54, 1.807) is 12.1 Å². The van der Waals surface area contributed by atoms with Gasteiger partial charge < -0.3 is 20.5 Å². The molecule has 3 N–H and O–H groups in total. The molecule has 6 heteroatoms. The average molecular weight is 455 g/mol. The minimum atomic E-state index is -0.261. The van der Waals surface area contributed by atoms with Gasteiger partial charge >= 0.3 is 0 Å². The molecule has 0 bridgehead atoms. The third-order valence-corrected chi connectivity index (χ3v) is 6.04. The van der Waals surface area contributed by atoms with Crippen LogP contribution in [-0.4, -0.2) is 44.0 Å². The zero-order chi connectivity index (χ0) is 24.1. The number of aryl methyl sites for hydroxylation is 1. The number of anilines is 1. The van der Waals surface area contributed by atoms with Gasteiger partial charge in [-0.25, -0.2) is 0 Å². The first-order chi connectivity index (χ1) is 16.4. The second kappa shape index (κ2) is 10.3. The van der Waals surface area contributed by atoms with Crippen molar-refractivity contribution in [3.63, 3.8) is 0 Å². The van der Waals surface area contributed by atoms with E-state index in [4.69, 9.17) is 0 Å². The lowest BCUT2D eigenvalue weighted by Crippen LogP contribution is -2.38. The van der Waals surface area contributed by atoms with Crippen molar-refractivity contribution in [3.8, 4) is 0 Å². The SMILES string of the molecule is Cc1ccc(C(=O)NCC(=O)NC[C@H](c2ccc(N(C)C)cc2)c2c[nH]c3ccccc23)cc1. The Hall–Kier alpha value is -4.06. The summed E-state index contributed by atoms with van der Waals surface area (Å²) < 4.78 is 0. The van der Waals surface area contributed by atoms with E-state index >= 15 is 0 Å². The number of hydrogen-bond acceptors (Lipinski definition) is 3. The number of carbonyl (C=O) groups excluding carboxylic acids is 2. The number of para-hydroxylation sites is 1. The molecule has 0 unspecified atom stereocenters. The van der Waals surface area contributed by atoms with Crippen molar-refractivity contribution in [3.05, 3.63) is 101 Å². The van der Waals surface area contributed by atoms with Gasteiger partial charge in [-0.05, 0) is 48.4 Å². The fraction of sp³-hybridized carbons (Fsp3) is 0.214. The van der Waals surface area contributed by atoms with Crippen LogP contribution in [0.5, 0.6) is 0 Å². The van der Waals surface area contributed by atoms with Gasteiger partial charge in [-0.1, -0.05) is 48.0 Å². The van der Waals surface area contributed by atoms with Crippen LogP contribution < -0.4 is 15.5 Å². The van der Waals surface area contributed by atoms with E-state index in [1.165, 1.54) is 0 Å². The lowest BCUT2D eigenvalue weighted by molar-refractivity contribution is -0.120. The quantitative estimate of drug-likeness (QED) is 0.373. The van der Waals surface area contributed by atoms with Crippen molar-refractivity contribution < 1.29 is 9.59 Å². The van der Waals surface area contributed by atoms with Gasteiger partial charge in [0.2, 0.25) is 5.91 Å². The largest absolute Gasteiger partial charge is 0.378 e. The highest BCUT2D eigenvalue weighted by molar-refractivity contribution is 5.96. The summed E-state index contributed by atoms with van der Waals surface area (Å²) >= 11 is 0. The standard InChI is InChI=1S/C28H30N4O2/c1-19-8-10-21(11-9-19)28(34)31-18-27(33)30-16-24(20-12-14-22(15-13-20)32(2)3)25-17-29-26-7-5-4-6-23(25)26/h4-15,17,24,29H,16,18H2,1-3H3,(H,30,33)(H,31,34)/t24-/m1/s1. The van der Waals surface area contributed by atoms with Gasteiger partial charge in [0.1, 0.15) is 0 Å². The summed E-state index contributed by atoms with van der Waals surface area (Å²) in [6.07, 6.45) is 2.01. The first-order valence-corrected chi connectivity index (χ1v) is 11.4.